The zero-order valence-electron chi connectivity index (χ0n) is 17.7. The monoisotopic (exact) mass is 447 g/mol. The van der Waals surface area contributed by atoms with Crippen molar-refractivity contribution >= 4 is 32.4 Å². The number of benzene rings is 1. The lowest BCUT2D eigenvalue weighted by molar-refractivity contribution is 0.102. The fourth-order valence-corrected chi connectivity index (χ4v) is 7.34. The fraction of sp³-hybridized carbons (Fsp3) is 0.545. The maximum absolute atomic E-state index is 13.0. The summed E-state index contributed by atoms with van der Waals surface area (Å²) in [5.41, 5.74) is 1.52. The number of piperidine rings is 1. The second-order valence-corrected chi connectivity index (χ2v) is 12.0. The van der Waals surface area contributed by atoms with Crippen LogP contribution in [0.15, 0.2) is 29.2 Å². The molecule has 6 nitrogen and oxygen atoms in total. The average molecular weight is 448 g/mol. The number of aromatic nitrogens is 1. The summed E-state index contributed by atoms with van der Waals surface area (Å²) in [5.74, 6) is 1.08. The highest BCUT2D eigenvalue weighted by atomic mass is 32.2. The Morgan fingerprint density at radius 2 is 1.77 bits per heavy atom. The minimum atomic E-state index is -3.55. The predicted molar refractivity (Wildman–Crippen MR) is 119 cm³/mol. The van der Waals surface area contributed by atoms with Crippen LogP contribution in [-0.2, 0) is 22.9 Å². The molecule has 1 amide bonds. The normalized spacial score (nSPS) is 25.0. The Hall–Kier alpha value is -1.77. The SMILES string of the molecule is C[C@H]1CCc2nc(NC(=O)c3ccc(S(=O)(=O)N4C[C@@H](C)C[C@H](C)C4)cc3)sc2C1. The van der Waals surface area contributed by atoms with Gasteiger partial charge in [0.2, 0.25) is 10.0 Å². The molecule has 8 heteroatoms. The number of carbonyl (C=O) groups excluding carboxylic acids is 1. The second kappa shape index (κ2) is 8.40. The van der Waals surface area contributed by atoms with Gasteiger partial charge in [0.1, 0.15) is 0 Å². The van der Waals surface area contributed by atoms with E-state index in [0.29, 0.717) is 41.5 Å². The number of thiazole rings is 1. The molecular formula is C22H29N3O3S2. The standard InChI is InChI=1S/C22H29N3O3S2/c1-14-4-9-19-20(11-14)29-22(23-19)24-21(26)17-5-7-18(8-6-17)30(27,28)25-12-15(2)10-16(3)13-25/h5-8,14-16H,4,9-13H2,1-3H3,(H,23,24,26)/t14-,15-,16-/m0/s1. The largest absolute Gasteiger partial charge is 0.298 e. The number of sulfonamides is 1. The molecule has 2 heterocycles. The van der Waals surface area contributed by atoms with E-state index < -0.39 is 10.0 Å². The van der Waals surface area contributed by atoms with E-state index in [0.717, 1.165) is 31.4 Å². The minimum Gasteiger partial charge on any atom is -0.298 e. The van der Waals surface area contributed by atoms with Gasteiger partial charge in [0, 0.05) is 23.5 Å². The summed E-state index contributed by atoms with van der Waals surface area (Å²) in [6.07, 6.45) is 4.16. The van der Waals surface area contributed by atoms with Crippen molar-refractivity contribution in [1.82, 2.24) is 9.29 Å². The highest BCUT2D eigenvalue weighted by Gasteiger charge is 2.31. The number of hydrogen-bond acceptors (Lipinski definition) is 5. The number of amides is 1. The average Bonchev–Trinajstić information content (AvgIpc) is 3.08. The van der Waals surface area contributed by atoms with E-state index in [1.54, 1.807) is 27.8 Å². The van der Waals surface area contributed by atoms with Crippen LogP contribution in [0.5, 0.6) is 0 Å². The van der Waals surface area contributed by atoms with Gasteiger partial charge in [0.15, 0.2) is 5.13 Å². The summed E-state index contributed by atoms with van der Waals surface area (Å²) in [5, 5.41) is 3.49. The quantitative estimate of drug-likeness (QED) is 0.762. The summed E-state index contributed by atoms with van der Waals surface area (Å²) in [6, 6.07) is 6.22. The van der Waals surface area contributed by atoms with Gasteiger partial charge in [0.25, 0.3) is 5.91 Å². The summed E-state index contributed by atoms with van der Waals surface area (Å²) < 4.78 is 27.6. The van der Waals surface area contributed by atoms with E-state index in [1.165, 1.54) is 17.0 Å². The van der Waals surface area contributed by atoms with Crippen molar-refractivity contribution in [2.75, 3.05) is 18.4 Å². The van der Waals surface area contributed by atoms with Crippen molar-refractivity contribution in [1.29, 1.82) is 0 Å². The molecule has 1 aliphatic carbocycles. The molecule has 0 bridgehead atoms. The first-order valence-electron chi connectivity index (χ1n) is 10.6. The number of fused-ring (bicyclic) bond motifs is 1. The summed E-state index contributed by atoms with van der Waals surface area (Å²) in [6.45, 7) is 7.50. The Balaban J connectivity index is 1.46. The molecule has 1 fully saturated rings. The second-order valence-electron chi connectivity index (χ2n) is 8.98. The number of nitrogens with one attached hydrogen (secondary N) is 1. The van der Waals surface area contributed by atoms with Crippen molar-refractivity contribution in [2.24, 2.45) is 17.8 Å². The van der Waals surface area contributed by atoms with Crippen LogP contribution in [0.25, 0.3) is 0 Å². The third-order valence-corrected chi connectivity index (χ3v) is 8.88. The van der Waals surface area contributed by atoms with Crippen LogP contribution in [0.2, 0.25) is 0 Å². The van der Waals surface area contributed by atoms with Crippen LogP contribution in [0.3, 0.4) is 0 Å². The highest BCUT2D eigenvalue weighted by Crippen LogP contribution is 2.32. The van der Waals surface area contributed by atoms with E-state index in [-0.39, 0.29) is 10.8 Å². The third-order valence-electron chi connectivity index (χ3n) is 6.00. The van der Waals surface area contributed by atoms with Gasteiger partial charge in [0.05, 0.1) is 10.6 Å². The Morgan fingerprint density at radius 1 is 1.10 bits per heavy atom. The molecule has 30 heavy (non-hydrogen) atoms. The van der Waals surface area contributed by atoms with Crippen molar-refractivity contribution in [3.8, 4) is 0 Å². The van der Waals surface area contributed by atoms with Gasteiger partial charge in [-0.3, -0.25) is 10.1 Å². The summed E-state index contributed by atoms with van der Waals surface area (Å²) in [7, 11) is -3.55. The molecule has 1 N–H and O–H groups in total. The van der Waals surface area contributed by atoms with E-state index in [9.17, 15) is 13.2 Å². The topological polar surface area (TPSA) is 79.4 Å². The molecule has 4 rings (SSSR count). The van der Waals surface area contributed by atoms with E-state index in [2.05, 4.69) is 31.1 Å². The van der Waals surface area contributed by atoms with Crippen molar-refractivity contribution in [2.45, 2.75) is 51.3 Å². The first kappa shape index (κ1) is 21.5. The Kier molecular flexibility index (Phi) is 6.01. The number of rotatable bonds is 4. The van der Waals surface area contributed by atoms with Crippen LogP contribution < -0.4 is 5.32 Å². The van der Waals surface area contributed by atoms with Crippen LogP contribution >= 0.6 is 11.3 Å². The lowest BCUT2D eigenvalue weighted by Crippen LogP contribution is -2.42. The first-order valence-corrected chi connectivity index (χ1v) is 12.9. The van der Waals surface area contributed by atoms with Gasteiger partial charge in [-0.15, -0.1) is 11.3 Å². The minimum absolute atomic E-state index is 0.235. The zero-order chi connectivity index (χ0) is 21.5. The smallest absolute Gasteiger partial charge is 0.257 e. The van der Waals surface area contributed by atoms with Gasteiger partial charge in [-0.1, -0.05) is 20.8 Å². The summed E-state index contributed by atoms with van der Waals surface area (Å²) in [4.78, 5) is 18.7. The van der Waals surface area contributed by atoms with Gasteiger partial charge < -0.3 is 0 Å². The number of anilines is 1. The van der Waals surface area contributed by atoms with Gasteiger partial charge in [-0.05, 0) is 67.7 Å². The molecule has 2 aliphatic rings. The highest BCUT2D eigenvalue weighted by molar-refractivity contribution is 7.89. The van der Waals surface area contributed by atoms with Crippen LogP contribution in [0.1, 0.15) is 54.5 Å². The molecule has 0 radical (unpaired) electrons. The Morgan fingerprint density at radius 3 is 2.43 bits per heavy atom. The maximum Gasteiger partial charge on any atom is 0.257 e. The number of aryl methyl sites for hydroxylation is 1. The number of carbonyl (C=O) groups is 1. The first-order chi connectivity index (χ1) is 14.2. The van der Waals surface area contributed by atoms with Crippen LogP contribution in [0.4, 0.5) is 5.13 Å². The van der Waals surface area contributed by atoms with Crippen molar-refractivity contribution < 1.29 is 13.2 Å². The molecule has 0 saturated carbocycles. The molecule has 1 aromatic heterocycles. The molecule has 162 valence electrons. The molecule has 0 spiro atoms. The number of nitrogens with zero attached hydrogens (tertiary/aromatic N) is 2. The molecule has 0 unspecified atom stereocenters. The molecule has 2 aromatic rings. The van der Waals surface area contributed by atoms with E-state index in [4.69, 9.17) is 0 Å². The summed E-state index contributed by atoms with van der Waals surface area (Å²) >= 11 is 1.54. The van der Waals surface area contributed by atoms with Crippen molar-refractivity contribution in [3.63, 3.8) is 0 Å². The van der Waals surface area contributed by atoms with Gasteiger partial charge in [-0.25, -0.2) is 13.4 Å². The van der Waals surface area contributed by atoms with Crippen LogP contribution in [0, 0.1) is 17.8 Å². The lowest BCUT2D eigenvalue weighted by atomic mass is 9.93. The Bertz CT molecular complexity index is 1020. The fourth-order valence-electron chi connectivity index (χ4n) is 4.49. The van der Waals surface area contributed by atoms with E-state index in [1.807, 2.05) is 0 Å². The molecule has 3 atom stereocenters. The Labute approximate surface area is 182 Å². The van der Waals surface area contributed by atoms with Gasteiger partial charge in [-0.2, -0.15) is 4.31 Å². The molecule has 1 aliphatic heterocycles. The number of hydrogen-bond donors (Lipinski definition) is 1. The molecule has 1 aromatic carbocycles. The molecular weight excluding hydrogens is 418 g/mol. The molecule has 1 saturated heterocycles. The third kappa shape index (κ3) is 4.45. The van der Waals surface area contributed by atoms with E-state index >= 15 is 0 Å². The van der Waals surface area contributed by atoms with Crippen LogP contribution in [-0.4, -0.2) is 36.7 Å². The van der Waals surface area contributed by atoms with Gasteiger partial charge >= 0.3 is 0 Å². The maximum atomic E-state index is 13.0. The lowest BCUT2D eigenvalue weighted by Gasteiger charge is -2.34. The van der Waals surface area contributed by atoms with Crippen molar-refractivity contribution in [3.05, 3.63) is 40.4 Å². The zero-order valence-corrected chi connectivity index (χ0v) is 19.4. The predicted octanol–water partition coefficient (Wildman–Crippen LogP) is 4.19.